The molecule has 1 unspecified atom stereocenters. The molecular weight excluding hydrogens is 256 g/mol. The highest BCUT2D eigenvalue weighted by molar-refractivity contribution is 5.92. The minimum atomic E-state index is -0.0243. The van der Waals surface area contributed by atoms with Crippen molar-refractivity contribution in [1.29, 1.82) is 0 Å². The van der Waals surface area contributed by atoms with Gasteiger partial charge in [-0.3, -0.25) is 4.79 Å². The van der Waals surface area contributed by atoms with Crippen LogP contribution >= 0.6 is 0 Å². The van der Waals surface area contributed by atoms with Crippen LogP contribution in [-0.2, 0) is 4.74 Å². The summed E-state index contributed by atoms with van der Waals surface area (Å²) in [6.45, 7) is 3.34. The van der Waals surface area contributed by atoms with Gasteiger partial charge in [-0.15, -0.1) is 0 Å². The number of hydrogen-bond donors (Lipinski definition) is 1. The van der Waals surface area contributed by atoms with Crippen molar-refractivity contribution in [3.8, 4) is 0 Å². The lowest BCUT2D eigenvalue weighted by molar-refractivity contribution is 0.0718. The average molecular weight is 278 g/mol. The number of aromatic nitrogens is 2. The normalized spacial score (nSPS) is 19.6. The Bertz CT molecular complexity index is 478. The van der Waals surface area contributed by atoms with Crippen LogP contribution in [0.1, 0.15) is 35.4 Å². The number of carbonyl (C=O) groups is 1. The van der Waals surface area contributed by atoms with Crippen LogP contribution in [0.2, 0.25) is 0 Å². The Morgan fingerprint density at radius 1 is 1.40 bits per heavy atom. The van der Waals surface area contributed by atoms with E-state index >= 15 is 0 Å². The Morgan fingerprint density at radius 3 is 2.90 bits per heavy atom. The molecule has 110 valence electrons. The van der Waals surface area contributed by atoms with E-state index in [1.807, 2.05) is 11.8 Å². The molecule has 1 aliphatic heterocycles. The predicted octanol–water partition coefficient (Wildman–Crippen LogP) is 1.47. The molecule has 0 bridgehead atoms. The first kappa shape index (κ1) is 14.7. The molecular formula is C14H22N4O2. The SMILES string of the molecule is CNc1nc(C)cc(C(=O)N2CCCC(OC)CC2)n1. The Kier molecular flexibility index (Phi) is 4.89. The Labute approximate surface area is 119 Å². The largest absolute Gasteiger partial charge is 0.381 e. The van der Waals surface area contributed by atoms with Crippen molar-refractivity contribution >= 4 is 11.9 Å². The fraction of sp³-hybridized carbons (Fsp3) is 0.643. The van der Waals surface area contributed by atoms with Crippen LogP contribution in [0.3, 0.4) is 0 Å². The van der Waals surface area contributed by atoms with E-state index in [0.29, 0.717) is 11.6 Å². The summed E-state index contributed by atoms with van der Waals surface area (Å²) in [7, 11) is 3.48. The van der Waals surface area contributed by atoms with E-state index in [1.165, 1.54) is 0 Å². The summed E-state index contributed by atoms with van der Waals surface area (Å²) in [4.78, 5) is 22.9. The monoisotopic (exact) mass is 278 g/mol. The van der Waals surface area contributed by atoms with Crippen LogP contribution in [0, 0.1) is 6.92 Å². The third-order valence-corrected chi connectivity index (χ3v) is 3.59. The van der Waals surface area contributed by atoms with Crippen molar-refractivity contribution in [2.75, 3.05) is 32.6 Å². The van der Waals surface area contributed by atoms with Crippen LogP contribution in [0.5, 0.6) is 0 Å². The Hall–Kier alpha value is -1.69. The lowest BCUT2D eigenvalue weighted by Gasteiger charge is -2.20. The molecule has 1 fully saturated rings. The minimum absolute atomic E-state index is 0.0243. The topological polar surface area (TPSA) is 67.4 Å². The van der Waals surface area contributed by atoms with E-state index < -0.39 is 0 Å². The Morgan fingerprint density at radius 2 is 2.20 bits per heavy atom. The second-order valence-electron chi connectivity index (χ2n) is 5.05. The first-order valence-electron chi connectivity index (χ1n) is 6.99. The minimum Gasteiger partial charge on any atom is -0.381 e. The number of methoxy groups -OCH3 is 1. The van der Waals surface area contributed by atoms with Gasteiger partial charge in [0.05, 0.1) is 6.10 Å². The van der Waals surface area contributed by atoms with Gasteiger partial charge in [0.25, 0.3) is 5.91 Å². The van der Waals surface area contributed by atoms with E-state index in [4.69, 9.17) is 4.74 Å². The first-order valence-corrected chi connectivity index (χ1v) is 6.99. The standard InChI is InChI=1S/C14H22N4O2/c1-10-9-12(17-14(15-2)16-10)13(19)18-7-4-5-11(20-3)6-8-18/h9,11H,4-8H2,1-3H3,(H,15,16,17). The quantitative estimate of drug-likeness (QED) is 0.907. The molecule has 0 aliphatic carbocycles. The number of nitrogens with zero attached hydrogens (tertiary/aromatic N) is 3. The maximum Gasteiger partial charge on any atom is 0.272 e. The molecule has 1 N–H and O–H groups in total. The summed E-state index contributed by atoms with van der Waals surface area (Å²) in [5.41, 5.74) is 1.25. The summed E-state index contributed by atoms with van der Waals surface area (Å²) in [6.07, 6.45) is 3.11. The van der Waals surface area contributed by atoms with Crippen LogP contribution < -0.4 is 5.32 Å². The highest BCUT2D eigenvalue weighted by Crippen LogP contribution is 2.16. The number of nitrogens with one attached hydrogen (secondary N) is 1. The highest BCUT2D eigenvalue weighted by atomic mass is 16.5. The molecule has 0 aromatic carbocycles. The number of rotatable bonds is 3. The van der Waals surface area contributed by atoms with E-state index in [-0.39, 0.29) is 12.0 Å². The van der Waals surface area contributed by atoms with Gasteiger partial charge in [-0.25, -0.2) is 9.97 Å². The third kappa shape index (κ3) is 3.45. The molecule has 0 saturated carbocycles. The van der Waals surface area contributed by atoms with E-state index in [1.54, 1.807) is 20.2 Å². The second kappa shape index (κ2) is 6.65. The summed E-state index contributed by atoms with van der Waals surface area (Å²) in [5, 5.41) is 2.88. The van der Waals surface area contributed by atoms with Gasteiger partial charge in [0.2, 0.25) is 5.95 Å². The second-order valence-corrected chi connectivity index (χ2v) is 5.05. The van der Waals surface area contributed by atoms with Crippen molar-refractivity contribution < 1.29 is 9.53 Å². The van der Waals surface area contributed by atoms with Gasteiger partial charge in [0.15, 0.2) is 0 Å². The van der Waals surface area contributed by atoms with Crippen LogP contribution in [-0.4, -0.2) is 54.1 Å². The highest BCUT2D eigenvalue weighted by Gasteiger charge is 2.22. The van der Waals surface area contributed by atoms with Gasteiger partial charge in [0.1, 0.15) is 5.69 Å². The molecule has 20 heavy (non-hydrogen) atoms. The zero-order valence-corrected chi connectivity index (χ0v) is 12.3. The fourth-order valence-corrected chi connectivity index (χ4v) is 2.46. The number of carbonyl (C=O) groups excluding carboxylic acids is 1. The number of hydrogen-bond acceptors (Lipinski definition) is 5. The van der Waals surface area contributed by atoms with E-state index in [0.717, 1.165) is 38.0 Å². The first-order chi connectivity index (χ1) is 9.63. The molecule has 1 saturated heterocycles. The van der Waals surface area contributed by atoms with Crippen molar-refractivity contribution in [3.63, 3.8) is 0 Å². The van der Waals surface area contributed by atoms with Crippen molar-refractivity contribution in [2.45, 2.75) is 32.3 Å². The molecule has 1 aliphatic rings. The fourth-order valence-electron chi connectivity index (χ4n) is 2.46. The summed E-state index contributed by atoms with van der Waals surface area (Å²) in [5.74, 6) is 0.460. The van der Waals surface area contributed by atoms with Crippen molar-refractivity contribution in [1.82, 2.24) is 14.9 Å². The van der Waals surface area contributed by atoms with Gasteiger partial charge in [0, 0.05) is 32.9 Å². The van der Waals surface area contributed by atoms with Gasteiger partial charge >= 0.3 is 0 Å². The zero-order chi connectivity index (χ0) is 14.5. The van der Waals surface area contributed by atoms with E-state index in [2.05, 4.69) is 15.3 Å². The molecule has 6 heteroatoms. The number of amides is 1. The lowest BCUT2D eigenvalue weighted by atomic mass is 10.2. The van der Waals surface area contributed by atoms with Gasteiger partial charge < -0.3 is 15.0 Å². The molecule has 2 rings (SSSR count). The smallest absolute Gasteiger partial charge is 0.272 e. The maximum atomic E-state index is 12.5. The van der Waals surface area contributed by atoms with Crippen molar-refractivity contribution in [2.24, 2.45) is 0 Å². The summed E-state index contributed by atoms with van der Waals surface area (Å²) in [6, 6.07) is 1.74. The van der Waals surface area contributed by atoms with Crippen LogP contribution in [0.15, 0.2) is 6.07 Å². The van der Waals surface area contributed by atoms with Gasteiger partial charge in [-0.2, -0.15) is 0 Å². The number of ether oxygens (including phenoxy) is 1. The lowest BCUT2D eigenvalue weighted by Crippen LogP contribution is -2.33. The summed E-state index contributed by atoms with van der Waals surface area (Å²) >= 11 is 0. The molecule has 1 atom stereocenters. The maximum absolute atomic E-state index is 12.5. The average Bonchev–Trinajstić information content (AvgIpc) is 2.71. The third-order valence-electron chi connectivity index (χ3n) is 3.59. The molecule has 1 aromatic heterocycles. The number of anilines is 1. The molecule has 2 heterocycles. The molecule has 0 radical (unpaired) electrons. The van der Waals surface area contributed by atoms with Gasteiger partial charge in [-0.1, -0.05) is 0 Å². The molecule has 1 amide bonds. The van der Waals surface area contributed by atoms with Crippen LogP contribution in [0.25, 0.3) is 0 Å². The number of likely N-dealkylation sites (tertiary alicyclic amines) is 1. The predicted molar refractivity (Wildman–Crippen MR) is 76.9 cm³/mol. The van der Waals surface area contributed by atoms with Gasteiger partial charge in [-0.05, 0) is 32.3 Å². The van der Waals surface area contributed by atoms with E-state index in [9.17, 15) is 4.79 Å². The zero-order valence-electron chi connectivity index (χ0n) is 12.3. The Balaban J connectivity index is 2.12. The summed E-state index contributed by atoms with van der Waals surface area (Å²) < 4.78 is 5.39. The molecule has 1 aromatic rings. The van der Waals surface area contributed by atoms with Crippen LogP contribution in [0.4, 0.5) is 5.95 Å². The van der Waals surface area contributed by atoms with Crippen molar-refractivity contribution in [3.05, 3.63) is 17.5 Å². The molecule has 6 nitrogen and oxygen atoms in total. The number of aryl methyl sites for hydroxylation is 1. The molecule has 0 spiro atoms.